The van der Waals surface area contributed by atoms with Gasteiger partial charge in [0.05, 0.1) is 19.0 Å². The Morgan fingerprint density at radius 2 is 1.33 bits per heavy atom. The average molecular weight is 1230 g/mol. The van der Waals surface area contributed by atoms with Gasteiger partial charge in [-0.15, -0.1) is 6.58 Å². The van der Waals surface area contributed by atoms with E-state index < -0.39 is 55.6 Å². The van der Waals surface area contributed by atoms with E-state index in [1.165, 1.54) is 104 Å². The second-order valence-corrected chi connectivity index (χ2v) is 19.5. The number of amidine groups is 1. The van der Waals surface area contributed by atoms with E-state index in [0.29, 0.717) is 55.3 Å². The molecule has 0 amide bonds. The van der Waals surface area contributed by atoms with Gasteiger partial charge in [0.25, 0.3) is 0 Å². The van der Waals surface area contributed by atoms with Gasteiger partial charge in [-0.05, 0) is 146 Å². The van der Waals surface area contributed by atoms with Crippen LogP contribution in [-0.4, -0.2) is 146 Å². The van der Waals surface area contributed by atoms with Crippen molar-refractivity contribution >= 4 is 51.5 Å². The quantitative estimate of drug-likeness (QED) is 0.0813. The summed E-state index contributed by atoms with van der Waals surface area (Å²) in [5.74, 6) is 4.41. The van der Waals surface area contributed by atoms with Crippen LogP contribution < -0.4 is 0 Å². The molecule has 9 rings (SSSR count). The van der Waals surface area contributed by atoms with Crippen LogP contribution in [0.2, 0.25) is 0 Å². The number of rotatable bonds is 10. The molecule has 4 bridgehead atoms. The maximum atomic E-state index is 11.4. The van der Waals surface area contributed by atoms with Crippen LogP contribution >= 0.6 is 0 Å². The molecule has 2 radical (unpaired) electrons. The van der Waals surface area contributed by atoms with Crippen LogP contribution in [-0.2, 0) is 38.1 Å². The van der Waals surface area contributed by atoms with Crippen molar-refractivity contribution in [1.29, 1.82) is 1.34 Å². The van der Waals surface area contributed by atoms with E-state index in [4.69, 9.17) is 36.1 Å². The Morgan fingerprint density at radius 1 is 0.806 bits per heavy atom. The summed E-state index contributed by atoms with van der Waals surface area (Å²) in [7, 11) is 1.58. The summed E-state index contributed by atoms with van der Waals surface area (Å²) in [5.41, 5.74) is 1.20. The molecule has 3 aliphatic heterocycles. The number of carbonyl (C=O) groups excluding carboxylic acids is 4. The monoisotopic (exact) mass is 1230 g/mol. The van der Waals surface area contributed by atoms with Gasteiger partial charge in [-0.25, -0.2) is 19.2 Å². The third-order valence-electron chi connectivity index (χ3n) is 13.9. The van der Waals surface area contributed by atoms with Crippen LogP contribution in [0.5, 0.6) is 0 Å². The smallest absolute Gasteiger partial charge is 0.463 e. The largest absolute Gasteiger partial charge is 0.631 e. The van der Waals surface area contributed by atoms with Gasteiger partial charge in [-0.1, -0.05) is 79.3 Å². The molecule has 19 heteroatoms. The number of fused-ring (bicyclic) bond motifs is 5. The summed E-state index contributed by atoms with van der Waals surface area (Å²) >= 11 is 0. The van der Waals surface area contributed by atoms with Crippen LogP contribution in [0.3, 0.4) is 0 Å². The molecule has 3 heterocycles. The number of aliphatic imine (C=N–C) groups is 1. The molecule has 396 valence electrons. The van der Waals surface area contributed by atoms with E-state index in [1.807, 2.05) is 24.3 Å². The number of nitrogens with zero attached hydrogens (tertiary/aromatic N) is 2. The predicted octanol–water partition coefficient (Wildman–Crippen LogP) is 4.59. The number of cyclic esters (lactones) is 2. The molecule has 3 saturated carbocycles. The van der Waals surface area contributed by atoms with E-state index in [2.05, 4.69) is 82.9 Å². The summed E-state index contributed by atoms with van der Waals surface area (Å²) in [6.45, 7) is 14.5. The first kappa shape index (κ1) is 62.8. The Balaban J connectivity index is 0.000000314. The molecule has 2 saturated heterocycles. The normalized spacial score (nSPS) is 29.7. The minimum absolute atomic E-state index is 0. The third-order valence-corrected chi connectivity index (χ3v) is 13.9. The number of carbonyl (C=O) groups is 4. The van der Waals surface area contributed by atoms with Gasteiger partial charge in [0.15, 0.2) is 12.2 Å². The van der Waals surface area contributed by atoms with Gasteiger partial charge < -0.3 is 54.2 Å². The van der Waals surface area contributed by atoms with Crippen molar-refractivity contribution in [2.45, 2.75) is 123 Å². The zero-order valence-corrected chi connectivity index (χ0v) is 46.8. The molecule has 13 unspecified atom stereocenters. The van der Waals surface area contributed by atoms with Gasteiger partial charge in [-0.2, -0.15) is 0 Å². The minimum Gasteiger partial charge on any atom is -0.463 e. The van der Waals surface area contributed by atoms with Crippen LogP contribution in [0.4, 0.5) is 0 Å². The molecule has 6 N–H and O–H groups in total. The number of hydrogen-bond acceptors (Lipinski definition) is 16. The van der Waals surface area contributed by atoms with E-state index in [0.717, 1.165) is 37.6 Å². The van der Waals surface area contributed by atoms with Crippen molar-refractivity contribution in [3.63, 3.8) is 0 Å². The summed E-state index contributed by atoms with van der Waals surface area (Å²) < 4.78 is 24.6. The number of hydrogen-bond donors (Lipinski definition) is 6. The molecule has 5 aliphatic carbocycles. The fraction of sp³-hybridized carbons (Fsp3) is 0.642. The number of esters is 4. The summed E-state index contributed by atoms with van der Waals surface area (Å²) in [6, 6.07) is 10.2. The Hall–Kier alpha value is -3.53. The molecule has 5 fully saturated rings. The summed E-state index contributed by atoms with van der Waals surface area (Å²) in [5, 5.41) is 48.5. The van der Waals surface area contributed by atoms with E-state index in [9.17, 15) is 24.3 Å². The Bertz CT molecular complexity index is 1900. The second kappa shape index (κ2) is 34.1. The number of aliphatic hydroxyl groups is 3. The fourth-order valence-electron chi connectivity index (χ4n) is 10.0. The number of aliphatic hydroxyl groups excluding tert-OH is 3. The van der Waals surface area contributed by atoms with Gasteiger partial charge in [0.1, 0.15) is 12.2 Å². The Kier molecular flexibility index (Phi) is 29.7. The molecule has 13 atom stereocenters. The van der Waals surface area contributed by atoms with E-state index in [1.54, 1.807) is 0 Å². The topological polar surface area (TPSA) is 242 Å². The number of benzene rings is 1. The van der Waals surface area contributed by atoms with Gasteiger partial charge in [-0.3, -0.25) is 4.99 Å². The predicted molar refractivity (Wildman–Crippen MR) is 273 cm³/mol. The Labute approximate surface area is 454 Å². The van der Waals surface area contributed by atoms with Crippen molar-refractivity contribution in [1.82, 2.24) is 4.90 Å². The number of ether oxygens (including phenoxy) is 4. The van der Waals surface area contributed by atoms with E-state index >= 15 is 0 Å². The standard InChI is InChI=1S/C19H24O3.C11H16O3.C9H16N2.C8H12O.C6H8O4.BH3O3.BH.U/c1-3-17-11-16(10-9-15-7-5-4-6-8-15)12-18(17)13-22-19(21)14(2)20;1-7(12)11(13)14-6-10-5-8-2-3-9(10)4-8;1-2-5-9-10-6-4-8-11(9)7-3-1;9-5-8-4-6-1-2-7(8)3-6;1-3-5(7)10-4(2)6(8)9-3;2-1(3)4;;/h3-10,14,16-18,20H,1,11-13H2,2H3;2-3,7-10,12H,4-6H2,1H3;1-8H2;1-2,6-9H,3-5H2;3-4H,1-2H3;2-4H;1H;/b10-9+;;;;;;;/i;;;;;;1D;. The third kappa shape index (κ3) is 22.5. The molecule has 0 aromatic heterocycles. The first-order chi connectivity index (χ1) is 34.5. The molecule has 0 spiro atoms. The number of allylic oxidation sites excluding steroid dienone is 6. The molecule has 8 aliphatic rings. The van der Waals surface area contributed by atoms with Crippen molar-refractivity contribution in [3.8, 4) is 0 Å². The van der Waals surface area contributed by atoms with Crippen LogP contribution in [0.15, 0.2) is 78.4 Å². The summed E-state index contributed by atoms with van der Waals surface area (Å²) in [6.07, 6.45) is 25.4. The Morgan fingerprint density at radius 3 is 1.81 bits per heavy atom. The van der Waals surface area contributed by atoms with Crippen molar-refractivity contribution in [2.24, 2.45) is 58.3 Å². The minimum atomic E-state index is -2.17. The zero-order chi connectivity index (χ0) is 53.2. The van der Waals surface area contributed by atoms with Crippen molar-refractivity contribution < 1.29 is 99.6 Å². The molecule has 16 nitrogen and oxygen atoms in total. The molecule has 1 aromatic rings. The van der Waals surface area contributed by atoms with Gasteiger partial charge >= 0.3 is 31.2 Å². The first-order valence-electron chi connectivity index (χ1n) is 25.8. The van der Waals surface area contributed by atoms with Gasteiger partial charge in [0.2, 0.25) is 0 Å². The van der Waals surface area contributed by atoms with Crippen molar-refractivity contribution in [2.75, 3.05) is 39.5 Å². The molecule has 72 heavy (non-hydrogen) atoms. The zero-order valence-electron chi connectivity index (χ0n) is 43.7. The van der Waals surface area contributed by atoms with Gasteiger partial charge in [0, 0.05) is 72.2 Å². The second-order valence-electron chi connectivity index (χ2n) is 19.5. The maximum Gasteiger partial charge on any atom is 0.631 e. The SMILES string of the molecule is C1CCC2=NCCCN2CC1.C=CC1CC(/C=C/c2ccccc2)CC1COC(=O)C(C)O.CC(O)C(=O)OCC1CC2C=CC1C2.CC1OC(=O)C(C)OC1=O.OB(O)O.OCC1CC2C=CC1C2.[2H][B].[U]. The molecule has 1 aromatic carbocycles. The molecular formula is C53H80B2N2O14U. The first-order valence-corrected chi connectivity index (χ1v) is 25.2. The maximum absolute atomic E-state index is 11.4. The average Bonchev–Trinajstić information content (AvgIpc) is 4.23. The van der Waals surface area contributed by atoms with Crippen molar-refractivity contribution in [3.05, 3.63) is 78.9 Å². The van der Waals surface area contributed by atoms with Crippen LogP contribution in [0.1, 0.15) is 104 Å². The van der Waals surface area contributed by atoms with Crippen LogP contribution in [0, 0.1) is 84.4 Å². The fourth-order valence-corrected chi connectivity index (χ4v) is 10.0. The van der Waals surface area contributed by atoms with E-state index in [-0.39, 0.29) is 37.0 Å². The summed E-state index contributed by atoms with van der Waals surface area (Å²) in [4.78, 5) is 50.7. The molecular weight excluding hydrogens is 1150 g/mol. The van der Waals surface area contributed by atoms with Crippen LogP contribution in [0.25, 0.3) is 6.08 Å².